The molecule has 2 aliphatic rings. The smallest absolute Gasteiger partial charge is 0.159 e. The summed E-state index contributed by atoms with van der Waals surface area (Å²) in [6.45, 7) is 4.55. The van der Waals surface area contributed by atoms with Crippen LogP contribution in [0.2, 0.25) is 0 Å². The van der Waals surface area contributed by atoms with E-state index in [0.717, 1.165) is 49.4 Å². The summed E-state index contributed by atoms with van der Waals surface area (Å²) in [4.78, 5) is 9.60. The molecular formula is C38H57N3. The Labute approximate surface area is 252 Å². The predicted molar refractivity (Wildman–Crippen MR) is 173 cm³/mol. The summed E-state index contributed by atoms with van der Waals surface area (Å²) >= 11 is 0. The highest BCUT2D eigenvalue weighted by Gasteiger charge is 2.35. The summed E-state index contributed by atoms with van der Waals surface area (Å²) in [6.07, 6.45) is 31.4. The first-order valence-electron chi connectivity index (χ1n) is 17.5. The predicted octanol–water partition coefficient (Wildman–Crippen LogP) is 11.7. The number of unbranched alkanes of at least 4 members (excludes halogenated alkanes) is 9. The molecule has 2 fully saturated rings. The van der Waals surface area contributed by atoms with Gasteiger partial charge in [0.05, 0.1) is 11.5 Å². The van der Waals surface area contributed by atoms with Crippen LogP contribution in [0.5, 0.6) is 0 Å². The molecule has 0 amide bonds. The van der Waals surface area contributed by atoms with Gasteiger partial charge in [0.15, 0.2) is 5.82 Å². The van der Waals surface area contributed by atoms with Crippen molar-refractivity contribution in [3.05, 3.63) is 47.8 Å². The molecule has 224 valence electrons. The van der Waals surface area contributed by atoms with Crippen molar-refractivity contribution in [2.75, 3.05) is 0 Å². The van der Waals surface area contributed by atoms with Crippen LogP contribution in [-0.2, 0) is 0 Å². The molecule has 2 aromatic rings. The highest BCUT2D eigenvalue weighted by atomic mass is 14.9. The van der Waals surface area contributed by atoms with Crippen molar-refractivity contribution in [2.24, 2.45) is 11.3 Å². The molecule has 0 bridgehead atoms. The van der Waals surface area contributed by atoms with Gasteiger partial charge in [-0.3, -0.25) is 0 Å². The molecule has 1 heterocycles. The molecule has 3 nitrogen and oxygen atoms in total. The first-order valence-corrected chi connectivity index (χ1v) is 17.5. The normalized spacial score (nSPS) is 24.7. The summed E-state index contributed by atoms with van der Waals surface area (Å²) in [5.74, 6) is 2.99. The summed E-state index contributed by atoms with van der Waals surface area (Å²) in [7, 11) is 0. The van der Waals surface area contributed by atoms with E-state index >= 15 is 0 Å². The second kappa shape index (κ2) is 17.0. The van der Waals surface area contributed by atoms with Gasteiger partial charge in [-0.05, 0) is 86.7 Å². The summed E-state index contributed by atoms with van der Waals surface area (Å²) in [5.41, 5.74) is 3.78. The van der Waals surface area contributed by atoms with Crippen molar-refractivity contribution in [3.8, 4) is 17.5 Å². The average Bonchev–Trinajstić information content (AvgIpc) is 3.03. The van der Waals surface area contributed by atoms with E-state index in [1.807, 2.05) is 0 Å². The van der Waals surface area contributed by atoms with Gasteiger partial charge in [0, 0.05) is 18.0 Å². The summed E-state index contributed by atoms with van der Waals surface area (Å²) in [6, 6.07) is 11.7. The fourth-order valence-electron chi connectivity index (χ4n) is 7.59. The molecule has 2 saturated carbocycles. The van der Waals surface area contributed by atoms with Crippen molar-refractivity contribution in [2.45, 2.75) is 161 Å². The van der Waals surface area contributed by atoms with Gasteiger partial charge >= 0.3 is 0 Å². The van der Waals surface area contributed by atoms with E-state index in [9.17, 15) is 5.26 Å². The molecule has 0 radical (unpaired) electrons. The lowest BCUT2D eigenvalue weighted by molar-refractivity contribution is 0.223. The number of benzene rings is 1. The van der Waals surface area contributed by atoms with E-state index in [1.54, 1.807) is 0 Å². The molecular weight excluding hydrogens is 498 g/mol. The molecule has 0 N–H and O–H groups in total. The van der Waals surface area contributed by atoms with Crippen LogP contribution >= 0.6 is 0 Å². The van der Waals surface area contributed by atoms with Crippen LogP contribution < -0.4 is 0 Å². The number of hydrogen-bond donors (Lipinski definition) is 0. The second-order valence-corrected chi connectivity index (χ2v) is 13.6. The van der Waals surface area contributed by atoms with Crippen LogP contribution in [-0.4, -0.2) is 9.97 Å². The van der Waals surface area contributed by atoms with Gasteiger partial charge in [-0.15, -0.1) is 0 Å². The van der Waals surface area contributed by atoms with E-state index in [1.165, 1.54) is 114 Å². The van der Waals surface area contributed by atoms with Gasteiger partial charge in [-0.1, -0.05) is 115 Å². The Morgan fingerprint density at radius 2 is 1.24 bits per heavy atom. The summed E-state index contributed by atoms with van der Waals surface area (Å²) < 4.78 is 0. The van der Waals surface area contributed by atoms with E-state index in [0.29, 0.717) is 11.8 Å². The lowest BCUT2D eigenvalue weighted by Crippen LogP contribution is -2.25. The molecule has 0 unspecified atom stereocenters. The van der Waals surface area contributed by atoms with Crippen molar-refractivity contribution < 1.29 is 0 Å². The van der Waals surface area contributed by atoms with Crippen LogP contribution in [0, 0.1) is 22.7 Å². The standard InChI is InChI=1S/C38H57N3/c1-3-5-7-9-10-11-12-14-31-15-17-33(18-16-31)36-28-40-37(41-29-36)35-21-19-32(20-22-35)34-23-26-38(30-39,27-24-34)25-13-8-6-4-2/h19-22,28-29,31,33-34H,3-18,23-27H2,1-2H3. The van der Waals surface area contributed by atoms with E-state index in [4.69, 9.17) is 9.97 Å². The van der Waals surface area contributed by atoms with Gasteiger partial charge in [-0.2, -0.15) is 5.26 Å². The first kappa shape index (κ1) is 31.7. The lowest BCUT2D eigenvalue weighted by Gasteiger charge is -2.35. The van der Waals surface area contributed by atoms with Gasteiger partial charge in [-0.25, -0.2) is 9.97 Å². The van der Waals surface area contributed by atoms with Crippen LogP contribution in [0.4, 0.5) is 0 Å². The fraction of sp³-hybridized carbons (Fsp3) is 0.711. The number of aromatic nitrogens is 2. The molecule has 0 saturated heterocycles. The van der Waals surface area contributed by atoms with E-state index < -0.39 is 0 Å². The maximum Gasteiger partial charge on any atom is 0.159 e. The lowest BCUT2D eigenvalue weighted by atomic mass is 9.67. The van der Waals surface area contributed by atoms with Crippen molar-refractivity contribution in [1.29, 1.82) is 5.26 Å². The van der Waals surface area contributed by atoms with Gasteiger partial charge in [0.1, 0.15) is 0 Å². The Morgan fingerprint density at radius 3 is 1.85 bits per heavy atom. The molecule has 41 heavy (non-hydrogen) atoms. The summed E-state index contributed by atoms with van der Waals surface area (Å²) in [5, 5.41) is 9.94. The van der Waals surface area contributed by atoms with Crippen LogP contribution in [0.15, 0.2) is 36.7 Å². The van der Waals surface area contributed by atoms with Crippen molar-refractivity contribution in [3.63, 3.8) is 0 Å². The maximum absolute atomic E-state index is 9.94. The zero-order chi connectivity index (χ0) is 28.8. The topological polar surface area (TPSA) is 49.6 Å². The second-order valence-electron chi connectivity index (χ2n) is 13.6. The van der Waals surface area contributed by atoms with Gasteiger partial charge in [0.25, 0.3) is 0 Å². The quantitative estimate of drug-likeness (QED) is 0.193. The largest absolute Gasteiger partial charge is 0.236 e. The zero-order valence-electron chi connectivity index (χ0n) is 26.4. The Bertz CT molecular complexity index is 1020. The Balaban J connectivity index is 1.19. The molecule has 0 atom stereocenters. The number of rotatable bonds is 16. The van der Waals surface area contributed by atoms with E-state index in [2.05, 4.69) is 56.6 Å². The minimum absolute atomic E-state index is 0.0768. The van der Waals surface area contributed by atoms with Crippen LogP contribution in [0.1, 0.15) is 172 Å². The zero-order valence-corrected chi connectivity index (χ0v) is 26.4. The molecule has 0 aliphatic heterocycles. The average molecular weight is 556 g/mol. The minimum atomic E-state index is -0.0768. The third kappa shape index (κ3) is 9.66. The SMILES string of the molecule is CCCCCCCCCC1CCC(c2cnc(-c3ccc(C4CCC(C#N)(CCCCCC)CC4)cc3)nc2)CC1. The third-order valence-electron chi connectivity index (χ3n) is 10.5. The Kier molecular flexibility index (Phi) is 13.2. The fourth-order valence-corrected chi connectivity index (χ4v) is 7.59. The third-order valence-corrected chi connectivity index (χ3v) is 10.5. The molecule has 0 spiro atoms. The first-order chi connectivity index (χ1) is 20.2. The highest BCUT2D eigenvalue weighted by molar-refractivity contribution is 5.55. The Morgan fingerprint density at radius 1 is 0.683 bits per heavy atom. The van der Waals surface area contributed by atoms with Crippen LogP contribution in [0.3, 0.4) is 0 Å². The molecule has 1 aromatic carbocycles. The minimum Gasteiger partial charge on any atom is -0.236 e. The van der Waals surface area contributed by atoms with Crippen molar-refractivity contribution >= 4 is 0 Å². The molecule has 3 heteroatoms. The highest BCUT2D eigenvalue weighted by Crippen LogP contribution is 2.46. The van der Waals surface area contributed by atoms with Gasteiger partial charge < -0.3 is 0 Å². The molecule has 1 aromatic heterocycles. The van der Waals surface area contributed by atoms with Crippen LogP contribution in [0.25, 0.3) is 11.4 Å². The number of nitriles is 1. The monoisotopic (exact) mass is 555 g/mol. The van der Waals surface area contributed by atoms with E-state index in [-0.39, 0.29) is 5.41 Å². The maximum atomic E-state index is 9.94. The molecule has 4 rings (SSSR count). The van der Waals surface area contributed by atoms with Gasteiger partial charge in [0.2, 0.25) is 0 Å². The van der Waals surface area contributed by atoms with Crippen molar-refractivity contribution in [1.82, 2.24) is 9.97 Å². The number of hydrogen-bond acceptors (Lipinski definition) is 3. The number of nitrogens with zero attached hydrogens (tertiary/aromatic N) is 3. The Hall–Kier alpha value is -2.21. The molecule has 2 aliphatic carbocycles.